The van der Waals surface area contributed by atoms with E-state index < -0.39 is 11.9 Å². The molecule has 2 aliphatic rings. The summed E-state index contributed by atoms with van der Waals surface area (Å²) in [5.74, 6) is -0.358. The first-order chi connectivity index (χ1) is 15.6. The summed E-state index contributed by atoms with van der Waals surface area (Å²) in [6, 6.07) is 12.4. The van der Waals surface area contributed by atoms with Crippen LogP contribution in [0, 0.1) is 5.41 Å². The molecule has 1 unspecified atom stereocenters. The van der Waals surface area contributed by atoms with Crippen molar-refractivity contribution in [3.8, 4) is 5.75 Å². The highest BCUT2D eigenvalue weighted by Gasteiger charge is 2.40. The number of nitrogens with one attached hydrogen (secondary N) is 2. The smallest absolute Gasteiger partial charge is 0.255 e. The molecule has 1 fully saturated rings. The van der Waals surface area contributed by atoms with Crippen LogP contribution >= 0.6 is 0 Å². The number of piperidine rings is 1. The average molecular weight is 432 g/mol. The Bertz CT molecular complexity index is 1080. The lowest BCUT2D eigenvalue weighted by Gasteiger charge is -2.29. The number of carbonyl (C=O) groups excluding carboxylic acids is 3. The van der Waals surface area contributed by atoms with Gasteiger partial charge in [0.25, 0.3) is 5.91 Å². The Morgan fingerprint density at radius 2 is 1.94 bits per heavy atom. The third-order valence-electron chi connectivity index (χ3n) is 5.43. The van der Waals surface area contributed by atoms with E-state index in [2.05, 4.69) is 15.8 Å². The van der Waals surface area contributed by atoms with Crippen molar-refractivity contribution in [2.75, 3.05) is 0 Å². The lowest BCUT2D eigenvalue weighted by molar-refractivity contribution is -0.136. The summed E-state index contributed by atoms with van der Waals surface area (Å²) in [6.45, 7) is 1.02. The van der Waals surface area contributed by atoms with Gasteiger partial charge in [-0.2, -0.15) is 0 Å². The highest BCUT2D eigenvalue weighted by Crippen LogP contribution is 2.33. The van der Waals surface area contributed by atoms with Gasteiger partial charge in [-0.1, -0.05) is 42.4 Å². The molecule has 4 rings (SSSR count). The fraction of sp³-hybridized carbons (Fsp3) is 0.261. The number of hydrogen-bond acceptors (Lipinski definition) is 6. The maximum atomic E-state index is 12.9. The van der Waals surface area contributed by atoms with Crippen LogP contribution in [0.4, 0.5) is 0 Å². The van der Waals surface area contributed by atoms with Crippen LogP contribution in [0.5, 0.6) is 5.75 Å². The van der Waals surface area contributed by atoms with E-state index in [1.54, 1.807) is 12.1 Å². The number of rotatable bonds is 8. The number of carbonyl (C=O) groups is 3. The fourth-order valence-electron chi connectivity index (χ4n) is 3.80. The molecule has 3 amide bonds. The van der Waals surface area contributed by atoms with Crippen molar-refractivity contribution in [1.82, 2.24) is 10.2 Å². The second-order valence-electron chi connectivity index (χ2n) is 7.52. The zero-order valence-corrected chi connectivity index (χ0v) is 17.3. The zero-order chi connectivity index (χ0) is 22.5. The maximum absolute atomic E-state index is 12.9. The first-order valence-corrected chi connectivity index (χ1v) is 10.2. The van der Waals surface area contributed by atoms with E-state index in [9.17, 15) is 14.4 Å². The summed E-state index contributed by atoms with van der Waals surface area (Å²) < 4.78 is 6.01. The number of imide groups is 1. The number of amides is 3. The molecule has 164 valence electrons. The minimum absolute atomic E-state index is 0.220. The number of hydrogen-bond donors (Lipinski definition) is 2. The summed E-state index contributed by atoms with van der Waals surface area (Å²) in [4.78, 5) is 38.1. The monoisotopic (exact) mass is 432 g/mol. The predicted octanol–water partition coefficient (Wildman–Crippen LogP) is 2.54. The van der Waals surface area contributed by atoms with Gasteiger partial charge in [-0.25, -0.2) is 0 Å². The van der Waals surface area contributed by atoms with Crippen LogP contribution in [-0.4, -0.2) is 41.1 Å². The largest absolute Gasteiger partial charge is 0.598 e. The van der Waals surface area contributed by atoms with Gasteiger partial charge in [0.2, 0.25) is 11.8 Å². The molecule has 0 aromatic heterocycles. The quantitative estimate of drug-likeness (QED) is 0.378. The van der Waals surface area contributed by atoms with Crippen LogP contribution in [0.3, 0.4) is 0 Å². The summed E-state index contributed by atoms with van der Waals surface area (Å²) in [5.41, 5.74) is 7.18. The molecular weight excluding hydrogens is 410 g/mol. The fourth-order valence-corrected chi connectivity index (χ4v) is 3.80. The first-order valence-electron chi connectivity index (χ1n) is 10.2. The van der Waals surface area contributed by atoms with E-state index in [1.165, 1.54) is 11.1 Å². The zero-order valence-electron chi connectivity index (χ0n) is 17.3. The van der Waals surface area contributed by atoms with Crippen LogP contribution in [0.15, 0.2) is 47.6 Å². The number of benzene rings is 2. The normalized spacial score (nSPS) is 17.9. The molecule has 1 saturated heterocycles. The summed E-state index contributed by atoms with van der Waals surface area (Å²) >= 11 is 0. The minimum Gasteiger partial charge on any atom is -0.598 e. The lowest BCUT2D eigenvalue weighted by Crippen LogP contribution is -2.52. The van der Waals surface area contributed by atoms with E-state index in [0.717, 1.165) is 22.9 Å². The van der Waals surface area contributed by atoms with E-state index in [4.69, 9.17) is 10.1 Å². The number of nitrogens with zero attached hydrogens (tertiary/aromatic N) is 3. The molecule has 0 saturated carbocycles. The number of fused-ring (bicyclic) bond motifs is 1. The molecule has 0 bridgehead atoms. The van der Waals surface area contributed by atoms with E-state index in [-0.39, 0.29) is 24.8 Å². The Kier molecular flexibility index (Phi) is 6.25. The Balaban J connectivity index is 1.40. The average Bonchev–Trinajstić information content (AvgIpc) is 3.13. The molecule has 9 nitrogen and oxygen atoms in total. The number of ether oxygens (including phenoxy) is 1. The molecule has 2 heterocycles. The van der Waals surface area contributed by atoms with Crippen LogP contribution < -0.4 is 10.1 Å². The Hall–Kier alpha value is -4.01. The van der Waals surface area contributed by atoms with Crippen molar-refractivity contribution >= 4 is 30.2 Å². The van der Waals surface area contributed by atoms with Crippen LogP contribution in [0.2, 0.25) is 0 Å². The first kappa shape index (κ1) is 21.2. The molecule has 2 aliphatic heterocycles. The summed E-state index contributed by atoms with van der Waals surface area (Å²) in [5, 5.41) is 12.9. The third kappa shape index (κ3) is 4.51. The molecule has 2 N–H and O–H groups in total. The van der Waals surface area contributed by atoms with Crippen molar-refractivity contribution in [1.29, 1.82) is 5.41 Å². The van der Waals surface area contributed by atoms with Crippen LogP contribution in [0.1, 0.15) is 39.9 Å². The van der Waals surface area contributed by atoms with Gasteiger partial charge in [0.05, 0.1) is 6.54 Å². The SMILES string of the molecule is N=C/C=N\[N-]Cc1ccc(COc2cccc3c2CN(C2CCC(=O)NC2=O)C3=O)cc1. The highest BCUT2D eigenvalue weighted by molar-refractivity contribution is 6.14. The standard InChI is InChI=1S/C23H23N5O4/c24-10-11-25-26-12-15-4-6-16(7-5-15)14-32-20-3-1-2-17-18(20)13-28(23(17)31)19-8-9-21(29)27-22(19)30/h1-7,10-11,19H,8-9,12-14H2,(H3,24,26,27,29,30)/p-1. The second kappa shape index (κ2) is 9.42. The lowest BCUT2D eigenvalue weighted by atomic mass is 10.0. The van der Waals surface area contributed by atoms with Gasteiger partial charge in [-0.3, -0.25) is 19.7 Å². The predicted molar refractivity (Wildman–Crippen MR) is 118 cm³/mol. The topological polar surface area (TPSA) is 126 Å². The third-order valence-corrected chi connectivity index (χ3v) is 5.43. The van der Waals surface area contributed by atoms with Crippen molar-refractivity contribution in [3.63, 3.8) is 0 Å². The summed E-state index contributed by atoms with van der Waals surface area (Å²) in [7, 11) is 0. The molecule has 32 heavy (non-hydrogen) atoms. The maximum Gasteiger partial charge on any atom is 0.255 e. The van der Waals surface area contributed by atoms with Crippen LogP contribution in [0.25, 0.3) is 5.43 Å². The van der Waals surface area contributed by atoms with Gasteiger partial charge in [0, 0.05) is 30.0 Å². The van der Waals surface area contributed by atoms with Gasteiger partial charge in [0.15, 0.2) is 0 Å². The minimum atomic E-state index is -0.651. The molecule has 9 heteroatoms. The van der Waals surface area contributed by atoms with Gasteiger partial charge < -0.3 is 25.6 Å². The van der Waals surface area contributed by atoms with Gasteiger partial charge in [-0.15, -0.1) is 0 Å². The van der Waals surface area contributed by atoms with E-state index in [0.29, 0.717) is 30.9 Å². The van der Waals surface area contributed by atoms with Crippen molar-refractivity contribution < 1.29 is 19.1 Å². The van der Waals surface area contributed by atoms with Crippen LogP contribution in [-0.2, 0) is 29.3 Å². The molecule has 0 spiro atoms. The second-order valence-corrected chi connectivity index (χ2v) is 7.52. The van der Waals surface area contributed by atoms with Crippen molar-refractivity contribution in [2.24, 2.45) is 5.10 Å². The molecule has 0 radical (unpaired) electrons. The highest BCUT2D eigenvalue weighted by atomic mass is 16.5. The van der Waals surface area contributed by atoms with Gasteiger partial charge >= 0.3 is 0 Å². The van der Waals surface area contributed by atoms with Crippen molar-refractivity contribution in [2.45, 2.75) is 38.6 Å². The van der Waals surface area contributed by atoms with Crippen molar-refractivity contribution in [3.05, 3.63) is 70.1 Å². The molecule has 2 aromatic rings. The Labute approximate surface area is 184 Å². The van der Waals surface area contributed by atoms with E-state index in [1.807, 2.05) is 30.3 Å². The molecule has 1 atom stereocenters. The van der Waals surface area contributed by atoms with Gasteiger partial charge in [0.1, 0.15) is 18.4 Å². The molecular formula is C23H22N5O4-. The summed E-state index contributed by atoms with van der Waals surface area (Å²) in [6.07, 6.45) is 2.93. The Morgan fingerprint density at radius 3 is 2.69 bits per heavy atom. The van der Waals surface area contributed by atoms with E-state index >= 15 is 0 Å². The molecule has 2 aromatic carbocycles. The Morgan fingerprint density at radius 1 is 1.16 bits per heavy atom. The molecule has 0 aliphatic carbocycles. The van der Waals surface area contributed by atoms with Gasteiger partial charge in [-0.05, 0) is 24.1 Å².